The maximum atomic E-state index is 10.8. The molecule has 0 aliphatic rings. The van der Waals surface area contributed by atoms with Crippen molar-refractivity contribution in [1.29, 1.82) is 0 Å². The van der Waals surface area contributed by atoms with Crippen LogP contribution in [0.2, 0.25) is 0 Å². The second-order valence-corrected chi connectivity index (χ2v) is 2.73. The molecule has 1 aromatic heterocycles. The van der Waals surface area contributed by atoms with E-state index < -0.39 is 0 Å². The summed E-state index contributed by atoms with van der Waals surface area (Å²) in [6, 6.07) is 3.50. The number of esters is 1. The lowest BCUT2D eigenvalue weighted by atomic mass is 10.2. The van der Waals surface area contributed by atoms with Gasteiger partial charge in [0.1, 0.15) is 0 Å². The van der Waals surface area contributed by atoms with Crippen molar-refractivity contribution in [3.63, 3.8) is 0 Å². The van der Waals surface area contributed by atoms with Gasteiger partial charge in [-0.25, -0.2) is 0 Å². The fourth-order valence-electron chi connectivity index (χ4n) is 0.809. The summed E-state index contributed by atoms with van der Waals surface area (Å²) >= 11 is 4.04. The minimum absolute atomic E-state index is 0.256. The van der Waals surface area contributed by atoms with E-state index in [1.807, 2.05) is 0 Å². The Bertz CT molecular complexity index is 288. The van der Waals surface area contributed by atoms with E-state index >= 15 is 0 Å². The van der Waals surface area contributed by atoms with Gasteiger partial charge >= 0.3 is 5.97 Å². The molecule has 0 aromatic carbocycles. The Balaban J connectivity index is 2.69. The number of hydrogen-bond acceptors (Lipinski definition) is 4. The second kappa shape index (κ2) is 4.11. The minimum atomic E-state index is -0.256. The average Bonchev–Trinajstić information content (AvgIpc) is 2.04. The normalized spacial score (nSPS) is 9.50. The number of hydrogen-bond donors (Lipinski definition) is 1. The lowest BCUT2D eigenvalue weighted by Gasteiger charge is -1.99. The summed E-state index contributed by atoms with van der Waals surface area (Å²) in [5, 5.41) is 0.608. The third-order valence-electron chi connectivity index (χ3n) is 1.39. The van der Waals surface area contributed by atoms with Crippen LogP contribution in [0.15, 0.2) is 23.4 Å². The average molecular weight is 183 g/mol. The van der Waals surface area contributed by atoms with Crippen LogP contribution in [-0.4, -0.2) is 18.1 Å². The molecule has 0 radical (unpaired) electrons. The molecule has 1 aromatic rings. The third-order valence-corrected chi connectivity index (χ3v) is 1.63. The van der Waals surface area contributed by atoms with Crippen molar-refractivity contribution < 1.29 is 9.53 Å². The highest BCUT2D eigenvalue weighted by molar-refractivity contribution is 7.80. The third kappa shape index (κ3) is 2.54. The zero-order chi connectivity index (χ0) is 8.97. The SMILES string of the molecule is COC(=O)Cc1ccnc(S)c1. The van der Waals surface area contributed by atoms with Gasteiger partial charge in [-0.1, -0.05) is 0 Å². The molecule has 0 unspecified atom stereocenters. The van der Waals surface area contributed by atoms with Crippen LogP contribution in [0, 0.1) is 0 Å². The molecule has 0 saturated heterocycles. The van der Waals surface area contributed by atoms with Gasteiger partial charge in [0.2, 0.25) is 0 Å². The lowest BCUT2D eigenvalue weighted by Crippen LogP contribution is -2.04. The molecule has 0 bridgehead atoms. The van der Waals surface area contributed by atoms with Crippen molar-refractivity contribution in [2.45, 2.75) is 11.4 Å². The van der Waals surface area contributed by atoms with Crippen LogP contribution in [0.3, 0.4) is 0 Å². The molecule has 0 amide bonds. The molecule has 0 aliphatic heterocycles. The quantitative estimate of drug-likeness (QED) is 0.551. The minimum Gasteiger partial charge on any atom is -0.469 e. The molecule has 1 rings (SSSR count). The lowest BCUT2D eigenvalue weighted by molar-refractivity contribution is -0.139. The number of carbonyl (C=O) groups excluding carboxylic acids is 1. The van der Waals surface area contributed by atoms with Crippen molar-refractivity contribution in [1.82, 2.24) is 4.98 Å². The van der Waals surface area contributed by atoms with Crippen LogP contribution >= 0.6 is 12.6 Å². The number of ether oxygens (including phenoxy) is 1. The topological polar surface area (TPSA) is 39.2 Å². The van der Waals surface area contributed by atoms with E-state index in [0.717, 1.165) is 5.56 Å². The number of aromatic nitrogens is 1. The van der Waals surface area contributed by atoms with Gasteiger partial charge in [-0.2, -0.15) is 0 Å². The van der Waals surface area contributed by atoms with Gasteiger partial charge in [-0.05, 0) is 17.7 Å². The largest absolute Gasteiger partial charge is 0.469 e. The summed E-state index contributed by atoms with van der Waals surface area (Å²) in [5.74, 6) is -0.256. The standard InChI is InChI=1S/C8H9NO2S/c1-11-8(10)5-6-2-3-9-7(12)4-6/h2-4H,5H2,1H3,(H,9,12). The summed E-state index contributed by atoms with van der Waals surface area (Å²) in [5.41, 5.74) is 0.863. The molecular formula is C8H9NO2S. The first-order chi connectivity index (χ1) is 5.72. The molecular weight excluding hydrogens is 174 g/mol. The number of thiol groups is 1. The van der Waals surface area contributed by atoms with Gasteiger partial charge < -0.3 is 4.74 Å². The fourth-order valence-corrected chi connectivity index (χ4v) is 1.04. The number of rotatable bonds is 2. The maximum absolute atomic E-state index is 10.8. The predicted octanol–water partition coefficient (Wildman–Crippen LogP) is 1.09. The van der Waals surface area contributed by atoms with E-state index in [1.165, 1.54) is 7.11 Å². The van der Waals surface area contributed by atoms with Crippen molar-refractivity contribution >= 4 is 18.6 Å². The summed E-state index contributed by atoms with van der Waals surface area (Å²) in [6.45, 7) is 0. The van der Waals surface area contributed by atoms with E-state index in [-0.39, 0.29) is 12.4 Å². The van der Waals surface area contributed by atoms with Gasteiger partial charge in [-0.3, -0.25) is 9.78 Å². The Morgan fingerprint density at radius 2 is 2.50 bits per heavy atom. The van der Waals surface area contributed by atoms with Crippen molar-refractivity contribution in [2.24, 2.45) is 0 Å². The highest BCUT2D eigenvalue weighted by Crippen LogP contribution is 2.06. The number of methoxy groups -OCH3 is 1. The molecule has 0 spiro atoms. The Hall–Kier alpha value is -1.03. The molecule has 0 saturated carbocycles. The highest BCUT2D eigenvalue weighted by atomic mass is 32.1. The molecule has 12 heavy (non-hydrogen) atoms. The summed E-state index contributed by atoms with van der Waals surface area (Å²) < 4.78 is 4.51. The van der Waals surface area contributed by atoms with Gasteiger partial charge in [-0.15, -0.1) is 12.6 Å². The van der Waals surface area contributed by atoms with E-state index in [9.17, 15) is 4.79 Å². The Labute approximate surface area is 76.2 Å². The van der Waals surface area contributed by atoms with Crippen LogP contribution in [0.1, 0.15) is 5.56 Å². The second-order valence-electron chi connectivity index (χ2n) is 2.28. The van der Waals surface area contributed by atoms with Crippen molar-refractivity contribution in [3.8, 4) is 0 Å². The van der Waals surface area contributed by atoms with Crippen LogP contribution < -0.4 is 0 Å². The maximum Gasteiger partial charge on any atom is 0.309 e. The van der Waals surface area contributed by atoms with Gasteiger partial charge in [0.15, 0.2) is 0 Å². The Morgan fingerprint density at radius 3 is 3.08 bits per heavy atom. The van der Waals surface area contributed by atoms with Crippen molar-refractivity contribution in [3.05, 3.63) is 23.9 Å². The van der Waals surface area contributed by atoms with Crippen LogP contribution in [-0.2, 0) is 16.0 Å². The molecule has 0 fully saturated rings. The first-order valence-corrected chi connectivity index (χ1v) is 3.88. The summed E-state index contributed by atoms with van der Waals surface area (Å²) in [7, 11) is 1.37. The Morgan fingerprint density at radius 1 is 1.75 bits per heavy atom. The van der Waals surface area contributed by atoms with E-state index in [4.69, 9.17) is 0 Å². The first kappa shape index (κ1) is 9.06. The zero-order valence-corrected chi connectivity index (χ0v) is 7.54. The van der Waals surface area contributed by atoms with E-state index in [0.29, 0.717) is 5.03 Å². The van der Waals surface area contributed by atoms with Gasteiger partial charge in [0.25, 0.3) is 0 Å². The summed E-state index contributed by atoms with van der Waals surface area (Å²) in [6.07, 6.45) is 1.88. The number of carbonyl (C=O) groups is 1. The molecule has 0 aliphatic carbocycles. The molecule has 4 heteroatoms. The van der Waals surface area contributed by atoms with E-state index in [1.54, 1.807) is 18.3 Å². The predicted molar refractivity (Wildman–Crippen MR) is 47.2 cm³/mol. The molecule has 1 heterocycles. The highest BCUT2D eigenvalue weighted by Gasteiger charge is 2.02. The number of nitrogens with zero attached hydrogens (tertiary/aromatic N) is 1. The molecule has 0 atom stereocenters. The summed E-state index contributed by atoms with van der Waals surface area (Å²) in [4.78, 5) is 14.7. The van der Waals surface area contributed by atoms with Crippen molar-refractivity contribution in [2.75, 3.05) is 7.11 Å². The zero-order valence-electron chi connectivity index (χ0n) is 6.65. The molecule has 3 nitrogen and oxygen atoms in total. The molecule has 0 N–H and O–H groups in total. The van der Waals surface area contributed by atoms with Crippen LogP contribution in [0.5, 0.6) is 0 Å². The van der Waals surface area contributed by atoms with E-state index in [2.05, 4.69) is 22.3 Å². The van der Waals surface area contributed by atoms with Crippen LogP contribution in [0.4, 0.5) is 0 Å². The van der Waals surface area contributed by atoms with Gasteiger partial charge in [0.05, 0.1) is 18.6 Å². The van der Waals surface area contributed by atoms with Crippen LogP contribution in [0.25, 0.3) is 0 Å². The smallest absolute Gasteiger partial charge is 0.309 e. The Kier molecular flexibility index (Phi) is 3.10. The van der Waals surface area contributed by atoms with Gasteiger partial charge in [0, 0.05) is 6.20 Å². The molecule has 64 valence electrons. The fraction of sp³-hybridized carbons (Fsp3) is 0.250. The number of pyridine rings is 1. The first-order valence-electron chi connectivity index (χ1n) is 3.43. The monoisotopic (exact) mass is 183 g/mol.